The van der Waals surface area contributed by atoms with E-state index in [1.807, 2.05) is 0 Å². The maximum absolute atomic E-state index is 13.3. The van der Waals surface area contributed by atoms with Crippen LogP contribution in [0.4, 0.5) is 13.2 Å². The number of hydrogen-bond donors (Lipinski definition) is 2. The van der Waals surface area contributed by atoms with E-state index in [1.165, 1.54) is 6.20 Å². The van der Waals surface area contributed by atoms with Crippen LogP contribution in [0.15, 0.2) is 18.3 Å². The fourth-order valence-corrected chi connectivity index (χ4v) is 1.29. The molecular formula is C10H7F3N2O. The zero-order valence-corrected chi connectivity index (χ0v) is 7.97. The van der Waals surface area contributed by atoms with E-state index in [2.05, 4.69) is 9.97 Å². The van der Waals surface area contributed by atoms with E-state index in [0.29, 0.717) is 5.69 Å². The number of aromatic amines is 1. The van der Waals surface area contributed by atoms with Crippen LogP contribution in [-0.4, -0.2) is 15.1 Å². The second kappa shape index (κ2) is 3.97. The summed E-state index contributed by atoms with van der Waals surface area (Å²) in [6, 6.07) is 1.89. The Kier molecular flexibility index (Phi) is 2.66. The van der Waals surface area contributed by atoms with Crippen LogP contribution in [0.25, 0.3) is 11.4 Å². The van der Waals surface area contributed by atoms with E-state index in [4.69, 9.17) is 5.11 Å². The summed E-state index contributed by atoms with van der Waals surface area (Å²) in [5, 5.41) is 8.77. The monoisotopic (exact) mass is 228 g/mol. The molecule has 0 atom stereocenters. The van der Waals surface area contributed by atoms with Crippen molar-refractivity contribution in [2.24, 2.45) is 0 Å². The van der Waals surface area contributed by atoms with Gasteiger partial charge in [-0.25, -0.2) is 18.2 Å². The molecule has 0 aliphatic rings. The number of halogens is 3. The Balaban J connectivity index is 2.52. The number of rotatable bonds is 2. The van der Waals surface area contributed by atoms with Gasteiger partial charge in [-0.05, 0) is 12.1 Å². The second-order valence-electron chi connectivity index (χ2n) is 3.14. The summed E-state index contributed by atoms with van der Waals surface area (Å²) in [6.07, 6.45) is 1.29. The summed E-state index contributed by atoms with van der Waals surface area (Å²) >= 11 is 0. The third-order valence-electron chi connectivity index (χ3n) is 2.09. The minimum absolute atomic E-state index is 0.0421. The van der Waals surface area contributed by atoms with Gasteiger partial charge in [0.1, 0.15) is 5.82 Å². The third-order valence-corrected chi connectivity index (χ3v) is 2.09. The number of hydrogen-bond acceptors (Lipinski definition) is 2. The minimum Gasteiger partial charge on any atom is -0.390 e. The molecule has 0 amide bonds. The normalized spacial score (nSPS) is 10.8. The van der Waals surface area contributed by atoms with E-state index in [-0.39, 0.29) is 18.0 Å². The van der Waals surface area contributed by atoms with Gasteiger partial charge in [0.05, 0.1) is 24.1 Å². The number of aliphatic hydroxyl groups is 1. The molecule has 84 valence electrons. The molecule has 1 heterocycles. The molecule has 0 saturated heterocycles. The Morgan fingerprint density at radius 3 is 2.56 bits per heavy atom. The van der Waals surface area contributed by atoms with E-state index < -0.39 is 17.5 Å². The first-order chi connectivity index (χ1) is 7.63. The maximum atomic E-state index is 13.3. The quantitative estimate of drug-likeness (QED) is 0.772. The number of nitrogens with zero attached hydrogens (tertiary/aromatic N) is 1. The van der Waals surface area contributed by atoms with E-state index in [1.54, 1.807) is 0 Å². The van der Waals surface area contributed by atoms with Crippen LogP contribution in [0.3, 0.4) is 0 Å². The molecule has 16 heavy (non-hydrogen) atoms. The van der Waals surface area contributed by atoms with Crippen molar-refractivity contribution in [1.82, 2.24) is 9.97 Å². The van der Waals surface area contributed by atoms with Crippen LogP contribution in [-0.2, 0) is 6.61 Å². The van der Waals surface area contributed by atoms with Gasteiger partial charge >= 0.3 is 0 Å². The van der Waals surface area contributed by atoms with E-state index in [9.17, 15) is 13.2 Å². The molecule has 1 aromatic carbocycles. The van der Waals surface area contributed by atoms with Gasteiger partial charge < -0.3 is 10.1 Å². The van der Waals surface area contributed by atoms with E-state index in [0.717, 1.165) is 12.1 Å². The Labute approximate surface area is 88.6 Å². The SMILES string of the molecule is OCc1cnc(-c2ccc(F)c(F)c2F)[nH]1. The topological polar surface area (TPSA) is 48.9 Å². The van der Waals surface area contributed by atoms with Crippen molar-refractivity contribution < 1.29 is 18.3 Å². The summed E-state index contributed by atoms with van der Waals surface area (Å²) in [6.45, 7) is -0.293. The smallest absolute Gasteiger partial charge is 0.195 e. The lowest BCUT2D eigenvalue weighted by molar-refractivity contribution is 0.277. The van der Waals surface area contributed by atoms with Gasteiger partial charge in [-0.2, -0.15) is 0 Å². The largest absolute Gasteiger partial charge is 0.390 e. The molecule has 0 spiro atoms. The molecule has 2 N–H and O–H groups in total. The Bertz CT molecular complexity index is 525. The molecule has 1 aromatic heterocycles. The predicted molar refractivity (Wildman–Crippen MR) is 49.8 cm³/mol. The van der Waals surface area contributed by atoms with Crippen molar-refractivity contribution in [3.8, 4) is 11.4 Å². The highest BCUT2D eigenvalue weighted by atomic mass is 19.2. The number of imidazole rings is 1. The van der Waals surface area contributed by atoms with Gasteiger partial charge in [0, 0.05) is 0 Å². The van der Waals surface area contributed by atoms with Crippen LogP contribution in [0.5, 0.6) is 0 Å². The van der Waals surface area contributed by atoms with Gasteiger partial charge in [-0.3, -0.25) is 0 Å². The summed E-state index contributed by atoms with van der Waals surface area (Å²) < 4.78 is 38.9. The first-order valence-electron chi connectivity index (χ1n) is 4.42. The number of benzene rings is 1. The number of aliphatic hydroxyl groups excluding tert-OH is 1. The molecule has 0 unspecified atom stereocenters. The van der Waals surface area contributed by atoms with Crippen molar-refractivity contribution in [1.29, 1.82) is 0 Å². The third kappa shape index (κ3) is 1.67. The van der Waals surface area contributed by atoms with Gasteiger partial charge in [-0.15, -0.1) is 0 Å². The molecule has 3 nitrogen and oxygen atoms in total. The Morgan fingerprint density at radius 1 is 1.19 bits per heavy atom. The van der Waals surface area contributed by atoms with Crippen LogP contribution < -0.4 is 0 Å². The zero-order valence-electron chi connectivity index (χ0n) is 7.97. The lowest BCUT2D eigenvalue weighted by atomic mass is 10.2. The second-order valence-corrected chi connectivity index (χ2v) is 3.14. The van der Waals surface area contributed by atoms with Crippen molar-refractivity contribution in [2.45, 2.75) is 6.61 Å². The molecule has 0 bridgehead atoms. The first-order valence-corrected chi connectivity index (χ1v) is 4.42. The molecule has 6 heteroatoms. The predicted octanol–water partition coefficient (Wildman–Crippen LogP) is 1.99. The lowest BCUT2D eigenvalue weighted by Crippen LogP contribution is -1.95. The number of nitrogens with one attached hydrogen (secondary N) is 1. The molecular weight excluding hydrogens is 221 g/mol. The zero-order chi connectivity index (χ0) is 11.7. The highest BCUT2D eigenvalue weighted by molar-refractivity contribution is 5.56. The average Bonchev–Trinajstić information content (AvgIpc) is 2.74. The lowest BCUT2D eigenvalue weighted by Gasteiger charge is -2.01. The standard InChI is InChI=1S/C10H7F3N2O/c11-7-2-1-6(8(12)9(7)13)10-14-3-5(4-16)15-10/h1-3,16H,4H2,(H,14,15). The summed E-state index contributed by atoms with van der Waals surface area (Å²) in [7, 11) is 0. The van der Waals surface area contributed by atoms with Crippen molar-refractivity contribution in [3.05, 3.63) is 41.5 Å². The summed E-state index contributed by atoms with van der Waals surface area (Å²) in [5.41, 5.74) is 0.178. The molecule has 0 radical (unpaired) electrons. The van der Waals surface area contributed by atoms with Crippen molar-refractivity contribution in [3.63, 3.8) is 0 Å². The minimum atomic E-state index is -1.54. The molecule has 0 fully saturated rings. The Hall–Kier alpha value is -1.82. The first kappa shape index (κ1) is 10.7. The molecule has 0 saturated carbocycles. The highest BCUT2D eigenvalue weighted by Crippen LogP contribution is 2.23. The van der Waals surface area contributed by atoms with Crippen LogP contribution in [0, 0.1) is 17.5 Å². The number of aromatic nitrogens is 2. The molecule has 0 aliphatic heterocycles. The van der Waals surface area contributed by atoms with Gasteiger partial charge in [0.15, 0.2) is 17.5 Å². The number of H-pyrrole nitrogens is 1. The molecule has 2 aromatic rings. The van der Waals surface area contributed by atoms with Crippen molar-refractivity contribution >= 4 is 0 Å². The summed E-state index contributed by atoms with van der Waals surface area (Å²) in [4.78, 5) is 6.32. The van der Waals surface area contributed by atoms with Gasteiger partial charge in [-0.1, -0.05) is 0 Å². The molecule has 0 aliphatic carbocycles. The van der Waals surface area contributed by atoms with Crippen molar-refractivity contribution in [2.75, 3.05) is 0 Å². The van der Waals surface area contributed by atoms with Gasteiger partial charge in [0.2, 0.25) is 0 Å². The van der Waals surface area contributed by atoms with Crippen LogP contribution >= 0.6 is 0 Å². The maximum Gasteiger partial charge on any atom is 0.195 e. The highest BCUT2D eigenvalue weighted by Gasteiger charge is 2.16. The fourth-order valence-electron chi connectivity index (χ4n) is 1.29. The fraction of sp³-hybridized carbons (Fsp3) is 0.100. The van der Waals surface area contributed by atoms with Gasteiger partial charge in [0.25, 0.3) is 0 Å². The van der Waals surface area contributed by atoms with Crippen LogP contribution in [0.1, 0.15) is 5.69 Å². The average molecular weight is 228 g/mol. The summed E-state index contributed by atoms with van der Waals surface area (Å²) in [5.74, 6) is -4.06. The Morgan fingerprint density at radius 2 is 1.94 bits per heavy atom. The van der Waals surface area contributed by atoms with Crippen LogP contribution in [0.2, 0.25) is 0 Å². The van der Waals surface area contributed by atoms with E-state index >= 15 is 0 Å². The molecule has 2 rings (SSSR count).